The van der Waals surface area contributed by atoms with Crippen LogP contribution in [0.4, 0.5) is 8.78 Å². The van der Waals surface area contributed by atoms with Crippen molar-refractivity contribution >= 4 is 0 Å². The second-order valence-corrected chi connectivity index (χ2v) is 3.85. The summed E-state index contributed by atoms with van der Waals surface area (Å²) in [6.07, 6.45) is 0.730. The summed E-state index contributed by atoms with van der Waals surface area (Å²) < 4.78 is 26.1. The van der Waals surface area contributed by atoms with Crippen molar-refractivity contribution in [1.29, 1.82) is 0 Å². The summed E-state index contributed by atoms with van der Waals surface area (Å²) in [7, 11) is 0. The van der Waals surface area contributed by atoms with Crippen LogP contribution in [0.3, 0.4) is 0 Å². The highest BCUT2D eigenvalue weighted by atomic mass is 19.1. The molecule has 1 aromatic carbocycles. The molecule has 0 unspecified atom stereocenters. The molecule has 13 heavy (non-hydrogen) atoms. The molecule has 2 rings (SSSR count). The van der Waals surface area contributed by atoms with Crippen molar-refractivity contribution in [3.63, 3.8) is 0 Å². The minimum absolute atomic E-state index is 0.0381. The molecular formula is C10H11F2N. The van der Waals surface area contributed by atoms with Crippen molar-refractivity contribution in [1.82, 2.24) is 0 Å². The first kappa shape index (κ1) is 8.63. The van der Waals surface area contributed by atoms with Crippen molar-refractivity contribution in [2.45, 2.75) is 24.8 Å². The molecule has 0 radical (unpaired) electrons. The van der Waals surface area contributed by atoms with E-state index < -0.39 is 5.82 Å². The van der Waals surface area contributed by atoms with Gasteiger partial charge in [-0.15, -0.1) is 0 Å². The average molecular weight is 183 g/mol. The second-order valence-electron chi connectivity index (χ2n) is 3.85. The molecule has 1 nitrogen and oxygen atoms in total. The lowest BCUT2D eigenvalue weighted by atomic mass is 9.97. The molecule has 2 N–H and O–H groups in total. The highest BCUT2D eigenvalue weighted by molar-refractivity contribution is 5.36. The van der Waals surface area contributed by atoms with Gasteiger partial charge in [0.25, 0.3) is 0 Å². The largest absolute Gasteiger partial charge is 0.327 e. The van der Waals surface area contributed by atoms with Crippen LogP contribution in [0, 0.1) is 11.6 Å². The third-order valence-corrected chi connectivity index (χ3v) is 2.85. The molecule has 0 aromatic heterocycles. The van der Waals surface area contributed by atoms with Crippen molar-refractivity contribution < 1.29 is 8.78 Å². The fourth-order valence-electron chi connectivity index (χ4n) is 1.64. The van der Waals surface area contributed by atoms with E-state index in [-0.39, 0.29) is 17.3 Å². The molecule has 70 valence electrons. The SMILES string of the molecule is C[C@@]1(c2cc(F)ccc2F)C[C@@H]1N. The predicted octanol–water partition coefficient (Wildman–Crippen LogP) is 1.95. The molecule has 0 saturated heterocycles. The molecule has 1 aliphatic rings. The van der Waals surface area contributed by atoms with Crippen molar-refractivity contribution in [2.75, 3.05) is 0 Å². The third-order valence-electron chi connectivity index (χ3n) is 2.85. The molecule has 2 atom stereocenters. The fourth-order valence-corrected chi connectivity index (χ4v) is 1.64. The Morgan fingerprint density at radius 3 is 2.62 bits per heavy atom. The number of rotatable bonds is 1. The van der Waals surface area contributed by atoms with E-state index in [1.54, 1.807) is 0 Å². The van der Waals surface area contributed by atoms with Crippen LogP contribution in [0.2, 0.25) is 0 Å². The summed E-state index contributed by atoms with van der Waals surface area (Å²) in [6, 6.07) is 3.47. The molecule has 0 amide bonds. The summed E-state index contributed by atoms with van der Waals surface area (Å²) in [4.78, 5) is 0. The maximum Gasteiger partial charge on any atom is 0.127 e. The summed E-state index contributed by atoms with van der Waals surface area (Å²) in [5, 5.41) is 0. The molecule has 1 aromatic rings. The molecule has 0 bridgehead atoms. The first-order valence-corrected chi connectivity index (χ1v) is 4.25. The van der Waals surface area contributed by atoms with Gasteiger partial charge in [0.2, 0.25) is 0 Å². The number of nitrogens with two attached hydrogens (primary N) is 1. The van der Waals surface area contributed by atoms with Crippen LogP contribution < -0.4 is 5.73 Å². The van der Waals surface area contributed by atoms with Gasteiger partial charge in [-0.05, 0) is 30.2 Å². The lowest BCUT2D eigenvalue weighted by Gasteiger charge is -2.10. The number of hydrogen-bond acceptors (Lipinski definition) is 1. The zero-order valence-corrected chi connectivity index (χ0v) is 7.35. The van der Waals surface area contributed by atoms with E-state index >= 15 is 0 Å². The van der Waals surface area contributed by atoms with Crippen molar-refractivity contribution in [2.24, 2.45) is 5.73 Å². The van der Waals surface area contributed by atoms with Gasteiger partial charge in [0.05, 0.1) is 0 Å². The lowest BCUT2D eigenvalue weighted by molar-refractivity contribution is 0.560. The van der Waals surface area contributed by atoms with Crippen molar-refractivity contribution in [3.8, 4) is 0 Å². The monoisotopic (exact) mass is 183 g/mol. The van der Waals surface area contributed by atoms with Crippen LogP contribution in [0.25, 0.3) is 0 Å². The predicted molar refractivity (Wildman–Crippen MR) is 46.3 cm³/mol. The van der Waals surface area contributed by atoms with Gasteiger partial charge in [0.1, 0.15) is 11.6 Å². The van der Waals surface area contributed by atoms with Crippen LogP contribution in [0.5, 0.6) is 0 Å². The minimum atomic E-state index is -0.406. The Bertz CT molecular complexity index is 351. The van der Waals surface area contributed by atoms with Gasteiger partial charge in [-0.1, -0.05) is 6.92 Å². The molecule has 0 heterocycles. The molecular weight excluding hydrogens is 172 g/mol. The molecule has 3 heteroatoms. The van der Waals surface area contributed by atoms with Gasteiger partial charge in [-0.25, -0.2) is 8.78 Å². The number of halogens is 2. The number of hydrogen-bond donors (Lipinski definition) is 1. The quantitative estimate of drug-likeness (QED) is 0.707. The lowest BCUT2D eigenvalue weighted by Crippen LogP contribution is -2.16. The number of benzene rings is 1. The molecule has 0 spiro atoms. The Balaban J connectivity index is 2.46. The summed E-state index contributed by atoms with van der Waals surface area (Å²) in [6.45, 7) is 1.86. The van der Waals surface area contributed by atoms with Gasteiger partial charge in [-0.2, -0.15) is 0 Å². The summed E-state index contributed by atoms with van der Waals surface area (Å²) in [5.41, 5.74) is 5.71. The van der Waals surface area contributed by atoms with E-state index in [0.29, 0.717) is 5.56 Å². The zero-order valence-electron chi connectivity index (χ0n) is 7.35. The maximum absolute atomic E-state index is 13.3. The molecule has 1 aliphatic carbocycles. The third kappa shape index (κ3) is 1.23. The summed E-state index contributed by atoms with van der Waals surface area (Å²) in [5.74, 6) is -0.770. The smallest absolute Gasteiger partial charge is 0.127 e. The zero-order chi connectivity index (χ0) is 9.64. The van der Waals surface area contributed by atoms with E-state index in [1.165, 1.54) is 6.07 Å². The highest BCUT2D eigenvalue weighted by Crippen LogP contribution is 2.47. The van der Waals surface area contributed by atoms with E-state index in [9.17, 15) is 8.78 Å². The van der Waals surface area contributed by atoms with Crippen LogP contribution in [-0.2, 0) is 5.41 Å². The maximum atomic E-state index is 13.3. The van der Waals surface area contributed by atoms with Gasteiger partial charge in [-0.3, -0.25) is 0 Å². The van der Waals surface area contributed by atoms with Crippen LogP contribution in [0.15, 0.2) is 18.2 Å². The van der Waals surface area contributed by atoms with Gasteiger partial charge in [0, 0.05) is 11.5 Å². The van der Waals surface area contributed by atoms with E-state index in [2.05, 4.69) is 0 Å². The summed E-state index contributed by atoms with van der Waals surface area (Å²) >= 11 is 0. The van der Waals surface area contributed by atoms with Crippen LogP contribution >= 0.6 is 0 Å². The van der Waals surface area contributed by atoms with Crippen LogP contribution in [-0.4, -0.2) is 6.04 Å². The Morgan fingerprint density at radius 1 is 1.46 bits per heavy atom. The van der Waals surface area contributed by atoms with Gasteiger partial charge in [0.15, 0.2) is 0 Å². The van der Waals surface area contributed by atoms with E-state index in [4.69, 9.17) is 5.73 Å². The Hall–Kier alpha value is -0.960. The van der Waals surface area contributed by atoms with E-state index in [1.807, 2.05) is 6.92 Å². The average Bonchev–Trinajstić information content (AvgIpc) is 2.66. The highest BCUT2D eigenvalue weighted by Gasteiger charge is 2.50. The Morgan fingerprint density at radius 2 is 2.08 bits per heavy atom. The Kier molecular flexibility index (Phi) is 1.67. The molecule has 1 fully saturated rings. The second kappa shape index (κ2) is 2.51. The van der Waals surface area contributed by atoms with Crippen molar-refractivity contribution in [3.05, 3.63) is 35.4 Å². The fraction of sp³-hybridized carbons (Fsp3) is 0.400. The van der Waals surface area contributed by atoms with Gasteiger partial charge >= 0.3 is 0 Å². The molecule has 0 aliphatic heterocycles. The Labute approximate surface area is 75.6 Å². The molecule has 1 saturated carbocycles. The van der Waals surface area contributed by atoms with Crippen LogP contribution in [0.1, 0.15) is 18.9 Å². The van der Waals surface area contributed by atoms with E-state index in [0.717, 1.165) is 18.6 Å². The first-order valence-electron chi connectivity index (χ1n) is 4.25. The topological polar surface area (TPSA) is 26.0 Å². The minimum Gasteiger partial charge on any atom is -0.327 e. The standard InChI is InChI=1S/C10H11F2N/c1-10(5-9(10)13)7-4-6(11)2-3-8(7)12/h2-4,9H,5,13H2,1H3/t9-,10-/m0/s1. The first-order chi connectivity index (χ1) is 6.04. The van der Waals surface area contributed by atoms with Gasteiger partial charge < -0.3 is 5.73 Å². The normalized spacial score (nSPS) is 31.8.